The van der Waals surface area contributed by atoms with Gasteiger partial charge in [0.15, 0.2) is 0 Å². The van der Waals surface area contributed by atoms with Crippen LogP contribution in [0.15, 0.2) is 48.5 Å². The van der Waals surface area contributed by atoms with Crippen molar-refractivity contribution >= 4 is 23.5 Å². The Morgan fingerprint density at radius 3 is 1.86 bits per heavy atom. The predicted octanol–water partition coefficient (Wildman–Crippen LogP) is 6.72. The van der Waals surface area contributed by atoms with Crippen molar-refractivity contribution < 1.29 is 32.7 Å². The Kier molecular flexibility index (Phi) is 12.4. The minimum absolute atomic E-state index is 0.0640. The summed E-state index contributed by atoms with van der Waals surface area (Å²) in [6.45, 7) is 8.59. The molecule has 1 saturated heterocycles. The summed E-state index contributed by atoms with van der Waals surface area (Å²) in [6, 6.07) is 14.8. The van der Waals surface area contributed by atoms with Crippen molar-refractivity contribution in [3.05, 3.63) is 65.2 Å². The second-order valence-corrected chi connectivity index (χ2v) is 11.6. The number of carboxylic acid groups (broad SMARTS) is 1. The molecule has 10 heteroatoms. The van der Waals surface area contributed by atoms with Crippen LogP contribution >= 0.6 is 0 Å². The van der Waals surface area contributed by atoms with Gasteiger partial charge in [0.25, 0.3) is 11.8 Å². The zero-order valence-corrected chi connectivity index (χ0v) is 24.4. The summed E-state index contributed by atoms with van der Waals surface area (Å²) >= 11 is 0. The standard InChI is InChI=1S/C30H41N3O2.C2HF3O2/c1-22(2)25-12-14-28(15-13-25)32-30(35)27-10-8-26(9-11-27)29(34)31-20-23-16-18-33(19-17-23)21-24-6-4-3-5-7-24;3-2(4,5)1(6)7/h8-15,22-24H,3-7,16-21H2,1-2H3,(H,31,34)(H,32,35);(H,6,7). The fourth-order valence-electron chi connectivity index (χ4n) is 5.37. The minimum Gasteiger partial charge on any atom is -0.475 e. The molecule has 1 aliphatic heterocycles. The molecular formula is C32H42F3N3O4. The highest BCUT2D eigenvalue weighted by atomic mass is 19.4. The van der Waals surface area contributed by atoms with Crippen LogP contribution in [0.5, 0.6) is 0 Å². The molecule has 4 rings (SSSR count). The number of carboxylic acids is 1. The highest BCUT2D eigenvalue weighted by Gasteiger charge is 2.38. The molecule has 0 bridgehead atoms. The molecule has 0 radical (unpaired) electrons. The number of aliphatic carboxylic acids is 1. The third-order valence-electron chi connectivity index (χ3n) is 7.99. The van der Waals surface area contributed by atoms with Crippen LogP contribution in [0.3, 0.4) is 0 Å². The molecule has 0 unspecified atom stereocenters. The maximum absolute atomic E-state index is 12.7. The fourth-order valence-corrected chi connectivity index (χ4v) is 5.37. The smallest absolute Gasteiger partial charge is 0.475 e. The van der Waals surface area contributed by atoms with Crippen LogP contribution in [0.2, 0.25) is 0 Å². The number of nitrogens with zero attached hydrogens (tertiary/aromatic N) is 1. The van der Waals surface area contributed by atoms with E-state index in [0.717, 1.165) is 44.1 Å². The SMILES string of the molecule is CC(C)c1ccc(NC(=O)c2ccc(C(=O)NCC3CCN(CC4CCCCC4)CC3)cc2)cc1.O=C(O)C(F)(F)F. The van der Waals surface area contributed by atoms with E-state index in [-0.39, 0.29) is 11.8 Å². The van der Waals surface area contributed by atoms with Gasteiger partial charge in [-0.05, 0) is 98.5 Å². The second kappa shape index (κ2) is 15.7. The summed E-state index contributed by atoms with van der Waals surface area (Å²) in [5, 5.41) is 13.2. The third kappa shape index (κ3) is 10.8. The van der Waals surface area contributed by atoms with Crippen molar-refractivity contribution in [2.75, 3.05) is 31.5 Å². The monoisotopic (exact) mass is 589 g/mol. The van der Waals surface area contributed by atoms with E-state index >= 15 is 0 Å². The van der Waals surface area contributed by atoms with Crippen molar-refractivity contribution in [2.45, 2.75) is 70.9 Å². The lowest BCUT2D eigenvalue weighted by molar-refractivity contribution is -0.192. The van der Waals surface area contributed by atoms with E-state index in [1.54, 1.807) is 24.3 Å². The average Bonchev–Trinajstić information content (AvgIpc) is 2.97. The number of rotatable bonds is 8. The quantitative estimate of drug-likeness (QED) is 0.318. The van der Waals surface area contributed by atoms with Crippen LogP contribution in [0.4, 0.5) is 18.9 Å². The van der Waals surface area contributed by atoms with Gasteiger partial charge < -0.3 is 20.6 Å². The number of carbonyl (C=O) groups excluding carboxylic acids is 2. The second-order valence-electron chi connectivity index (χ2n) is 11.6. The number of benzene rings is 2. The van der Waals surface area contributed by atoms with Gasteiger partial charge in [0.2, 0.25) is 0 Å². The Hall–Kier alpha value is -3.40. The molecule has 2 aliphatic rings. The molecule has 1 saturated carbocycles. The molecule has 3 N–H and O–H groups in total. The summed E-state index contributed by atoms with van der Waals surface area (Å²) in [5.74, 6) is -1.09. The first kappa shape index (κ1) is 33.1. The van der Waals surface area contributed by atoms with Crippen molar-refractivity contribution in [1.82, 2.24) is 10.2 Å². The molecule has 0 atom stereocenters. The maximum Gasteiger partial charge on any atom is 0.490 e. The molecule has 230 valence electrons. The number of carbonyl (C=O) groups is 3. The highest BCUT2D eigenvalue weighted by molar-refractivity contribution is 6.05. The van der Waals surface area contributed by atoms with E-state index in [1.807, 2.05) is 24.3 Å². The van der Waals surface area contributed by atoms with Crippen molar-refractivity contribution in [3.8, 4) is 0 Å². The molecule has 1 aliphatic carbocycles. The molecule has 42 heavy (non-hydrogen) atoms. The largest absolute Gasteiger partial charge is 0.490 e. The van der Waals surface area contributed by atoms with E-state index in [2.05, 4.69) is 29.4 Å². The number of nitrogens with one attached hydrogen (secondary N) is 2. The molecule has 2 aromatic carbocycles. The average molecular weight is 590 g/mol. The van der Waals surface area contributed by atoms with Gasteiger partial charge in [-0.25, -0.2) is 4.79 Å². The molecule has 0 aromatic heterocycles. The number of alkyl halides is 3. The van der Waals surface area contributed by atoms with Gasteiger partial charge >= 0.3 is 12.1 Å². The van der Waals surface area contributed by atoms with E-state index < -0.39 is 12.1 Å². The number of hydrogen-bond donors (Lipinski definition) is 3. The number of piperidine rings is 1. The van der Waals surface area contributed by atoms with Crippen LogP contribution in [-0.2, 0) is 4.79 Å². The van der Waals surface area contributed by atoms with Crippen LogP contribution < -0.4 is 10.6 Å². The van der Waals surface area contributed by atoms with Crippen LogP contribution in [0.25, 0.3) is 0 Å². The summed E-state index contributed by atoms with van der Waals surface area (Å²) in [4.78, 5) is 36.8. The predicted molar refractivity (Wildman–Crippen MR) is 157 cm³/mol. The number of hydrogen-bond acceptors (Lipinski definition) is 4. The number of anilines is 1. The zero-order chi connectivity index (χ0) is 30.7. The molecule has 7 nitrogen and oxygen atoms in total. The first-order valence-corrected chi connectivity index (χ1v) is 14.7. The lowest BCUT2D eigenvalue weighted by Crippen LogP contribution is -2.40. The molecule has 0 spiro atoms. The summed E-state index contributed by atoms with van der Waals surface area (Å²) < 4.78 is 31.7. The molecular weight excluding hydrogens is 547 g/mol. The van der Waals surface area contributed by atoms with E-state index in [4.69, 9.17) is 9.90 Å². The van der Waals surface area contributed by atoms with E-state index in [0.29, 0.717) is 23.0 Å². The molecule has 2 fully saturated rings. The van der Waals surface area contributed by atoms with Crippen molar-refractivity contribution in [3.63, 3.8) is 0 Å². The number of halogens is 3. The summed E-state index contributed by atoms with van der Waals surface area (Å²) in [6.07, 6.45) is 4.27. The van der Waals surface area contributed by atoms with Crippen molar-refractivity contribution in [1.29, 1.82) is 0 Å². The first-order chi connectivity index (χ1) is 19.9. The first-order valence-electron chi connectivity index (χ1n) is 14.7. The highest BCUT2D eigenvalue weighted by Crippen LogP contribution is 2.26. The van der Waals surface area contributed by atoms with Gasteiger partial charge in [-0.1, -0.05) is 45.2 Å². The van der Waals surface area contributed by atoms with Crippen LogP contribution in [-0.4, -0.2) is 60.1 Å². The van der Waals surface area contributed by atoms with E-state index in [1.165, 1.54) is 44.2 Å². The van der Waals surface area contributed by atoms with Crippen molar-refractivity contribution in [2.24, 2.45) is 11.8 Å². The topological polar surface area (TPSA) is 98.7 Å². The normalized spacial score (nSPS) is 16.8. The maximum atomic E-state index is 12.7. The number of amides is 2. The molecule has 2 aromatic rings. The van der Waals surface area contributed by atoms with Gasteiger partial charge in [-0.2, -0.15) is 13.2 Å². The van der Waals surface area contributed by atoms with Gasteiger partial charge in [0, 0.05) is 29.9 Å². The lowest BCUT2D eigenvalue weighted by atomic mass is 9.88. The van der Waals surface area contributed by atoms with Crippen LogP contribution in [0.1, 0.15) is 91.0 Å². The Labute approximate surface area is 245 Å². The van der Waals surface area contributed by atoms with Gasteiger partial charge in [0.05, 0.1) is 0 Å². The van der Waals surface area contributed by atoms with Gasteiger partial charge in [-0.3, -0.25) is 9.59 Å². The summed E-state index contributed by atoms with van der Waals surface area (Å²) in [7, 11) is 0. The molecule has 2 amide bonds. The Morgan fingerprint density at radius 2 is 1.36 bits per heavy atom. The Bertz CT molecular complexity index is 1150. The van der Waals surface area contributed by atoms with Gasteiger partial charge in [0.1, 0.15) is 0 Å². The Morgan fingerprint density at radius 1 is 0.833 bits per heavy atom. The van der Waals surface area contributed by atoms with E-state index in [9.17, 15) is 22.8 Å². The molecule has 1 heterocycles. The van der Waals surface area contributed by atoms with Crippen LogP contribution in [0, 0.1) is 11.8 Å². The minimum atomic E-state index is -5.08. The lowest BCUT2D eigenvalue weighted by Gasteiger charge is -2.35. The Balaban J connectivity index is 0.000000616. The third-order valence-corrected chi connectivity index (χ3v) is 7.99. The zero-order valence-electron chi connectivity index (χ0n) is 24.4. The fraction of sp³-hybridized carbons (Fsp3) is 0.531. The number of likely N-dealkylation sites (tertiary alicyclic amines) is 1. The van der Waals surface area contributed by atoms with Gasteiger partial charge in [-0.15, -0.1) is 0 Å². The summed E-state index contributed by atoms with van der Waals surface area (Å²) in [5.41, 5.74) is 3.15.